The summed E-state index contributed by atoms with van der Waals surface area (Å²) < 4.78 is 0. The largest absolute Gasteiger partial charge is 0.480 e. The number of thioether (sulfide) groups is 1. The van der Waals surface area contributed by atoms with Gasteiger partial charge in [0.1, 0.15) is 6.04 Å². The molecule has 1 aromatic carbocycles. The number of nitriles is 1. The maximum atomic E-state index is 10.8. The fourth-order valence-corrected chi connectivity index (χ4v) is 2.76. The Labute approximate surface area is 122 Å². The van der Waals surface area contributed by atoms with Crippen LogP contribution in [0.5, 0.6) is 0 Å². The standard InChI is InChI=1S/C14H16N2O3S/c1-10-6-11(7-15)2-3-12(10)8-20-5-4-13(14(18)19)16-9-17/h2-3,6,9,13H,4-5,8H2,1H3,(H,16,17)(H,18,19). The normalized spacial score (nSPS) is 11.4. The van der Waals surface area contributed by atoms with Gasteiger partial charge in [0.05, 0.1) is 11.6 Å². The molecule has 0 aromatic heterocycles. The van der Waals surface area contributed by atoms with Gasteiger partial charge in [0.25, 0.3) is 0 Å². The molecule has 1 aromatic rings. The number of rotatable bonds is 8. The monoisotopic (exact) mass is 292 g/mol. The van der Waals surface area contributed by atoms with E-state index in [1.165, 1.54) is 0 Å². The molecule has 1 amide bonds. The van der Waals surface area contributed by atoms with Gasteiger partial charge in [-0.05, 0) is 42.4 Å². The number of carboxylic acids is 1. The summed E-state index contributed by atoms with van der Waals surface area (Å²) in [6.45, 7) is 1.95. The fraction of sp³-hybridized carbons (Fsp3) is 0.357. The number of hydrogen-bond donors (Lipinski definition) is 2. The molecule has 0 saturated heterocycles. The molecule has 0 heterocycles. The molecule has 0 aliphatic carbocycles. The van der Waals surface area contributed by atoms with Crippen molar-refractivity contribution >= 4 is 24.1 Å². The number of carbonyl (C=O) groups excluding carboxylic acids is 1. The van der Waals surface area contributed by atoms with E-state index >= 15 is 0 Å². The Balaban J connectivity index is 2.43. The zero-order valence-corrected chi connectivity index (χ0v) is 11.9. The molecule has 2 N–H and O–H groups in total. The van der Waals surface area contributed by atoms with Gasteiger partial charge in [-0.1, -0.05) is 6.07 Å². The predicted octanol–water partition coefficient (Wildman–Crippen LogP) is 1.69. The first-order valence-corrected chi connectivity index (χ1v) is 7.23. The molecule has 1 rings (SSSR count). The summed E-state index contributed by atoms with van der Waals surface area (Å²) in [5.41, 5.74) is 2.82. The molecule has 1 atom stereocenters. The van der Waals surface area contributed by atoms with Gasteiger partial charge in [-0.2, -0.15) is 17.0 Å². The summed E-state index contributed by atoms with van der Waals surface area (Å²) in [6, 6.07) is 6.79. The minimum absolute atomic E-state index is 0.383. The van der Waals surface area contributed by atoms with Crippen LogP contribution in [0.25, 0.3) is 0 Å². The highest BCUT2D eigenvalue weighted by Crippen LogP contribution is 2.18. The van der Waals surface area contributed by atoms with Crippen LogP contribution in [0.2, 0.25) is 0 Å². The summed E-state index contributed by atoms with van der Waals surface area (Å²) in [6.07, 6.45) is 0.794. The summed E-state index contributed by atoms with van der Waals surface area (Å²) in [5.74, 6) is 0.370. The van der Waals surface area contributed by atoms with E-state index in [1.54, 1.807) is 17.8 Å². The number of aryl methyl sites for hydroxylation is 1. The molecule has 6 heteroatoms. The highest BCUT2D eigenvalue weighted by Gasteiger charge is 2.15. The minimum atomic E-state index is -1.02. The number of amides is 1. The topological polar surface area (TPSA) is 90.2 Å². The van der Waals surface area contributed by atoms with Gasteiger partial charge in [-0.3, -0.25) is 4.79 Å². The second-order valence-corrected chi connectivity index (χ2v) is 5.37. The first-order valence-electron chi connectivity index (χ1n) is 6.08. The van der Waals surface area contributed by atoms with Gasteiger partial charge < -0.3 is 10.4 Å². The van der Waals surface area contributed by atoms with Gasteiger partial charge in [-0.25, -0.2) is 4.79 Å². The average molecular weight is 292 g/mol. The molecule has 0 radical (unpaired) electrons. The molecular formula is C14H16N2O3S. The Morgan fingerprint density at radius 3 is 2.90 bits per heavy atom. The Hall–Kier alpha value is -2.00. The Bertz CT molecular complexity index is 526. The quantitative estimate of drug-likeness (QED) is 0.562. The smallest absolute Gasteiger partial charge is 0.326 e. The second kappa shape index (κ2) is 8.23. The molecule has 0 aliphatic heterocycles. The van der Waals surface area contributed by atoms with Crippen molar-refractivity contribution in [3.05, 3.63) is 34.9 Å². The Morgan fingerprint density at radius 2 is 2.35 bits per heavy atom. The van der Waals surface area contributed by atoms with Crippen molar-refractivity contribution in [2.75, 3.05) is 5.75 Å². The highest BCUT2D eigenvalue weighted by molar-refractivity contribution is 7.98. The second-order valence-electron chi connectivity index (χ2n) is 4.27. The summed E-state index contributed by atoms with van der Waals surface area (Å²) >= 11 is 1.60. The molecule has 0 saturated carbocycles. The van der Waals surface area contributed by atoms with E-state index in [0.717, 1.165) is 16.9 Å². The van der Waals surface area contributed by atoms with Crippen molar-refractivity contribution < 1.29 is 14.7 Å². The van der Waals surface area contributed by atoms with E-state index in [2.05, 4.69) is 11.4 Å². The van der Waals surface area contributed by atoms with E-state index in [0.29, 0.717) is 24.1 Å². The Morgan fingerprint density at radius 1 is 1.60 bits per heavy atom. The molecule has 0 fully saturated rings. The number of nitrogens with zero attached hydrogens (tertiary/aromatic N) is 1. The third-order valence-corrected chi connectivity index (χ3v) is 3.89. The van der Waals surface area contributed by atoms with Gasteiger partial charge in [0.15, 0.2) is 0 Å². The van der Waals surface area contributed by atoms with Gasteiger partial charge in [0, 0.05) is 5.75 Å². The van der Waals surface area contributed by atoms with E-state index in [1.807, 2.05) is 19.1 Å². The lowest BCUT2D eigenvalue weighted by molar-refractivity contribution is -0.140. The van der Waals surface area contributed by atoms with Crippen LogP contribution >= 0.6 is 11.8 Å². The van der Waals surface area contributed by atoms with Crippen LogP contribution in [0, 0.1) is 18.3 Å². The van der Waals surface area contributed by atoms with Crippen LogP contribution in [0.15, 0.2) is 18.2 Å². The SMILES string of the molecule is Cc1cc(C#N)ccc1CSCCC(NC=O)C(=O)O. The minimum Gasteiger partial charge on any atom is -0.480 e. The lowest BCUT2D eigenvalue weighted by Gasteiger charge is -2.11. The predicted molar refractivity (Wildman–Crippen MR) is 77.3 cm³/mol. The van der Waals surface area contributed by atoms with E-state index < -0.39 is 12.0 Å². The molecule has 106 valence electrons. The third kappa shape index (κ3) is 4.94. The highest BCUT2D eigenvalue weighted by atomic mass is 32.2. The molecule has 20 heavy (non-hydrogen) atoms. The van der Waals surface area contributed by atoms with Crippen molar-refractivity contribution in [3.63, 3.8) is 0 Å². The van der Waals surface area contributed by atoms with Crippen molar-refractivity contribution in [1.29, 1.82) is 5.26 Å². The molecular weight excluding hydrogens is 276 g/mol. The van der Waals surface area contributed by atoms with Gasteiger partial charge >= 0.3 is 5.97 Å². The third-order valence-electron chi connectivity index (χ3n) is 2.85. The zero-order chi connectivity index (χ0) is 15.0. The summed E-state index contributed by atoms with van der Waals surface area (Å²) in [5, 5.41) is 19.9. The summed E-state index contributed by atoms with van der Waals surface area (Å²) in [7, 11) is 0. The number of benzene rings is 1. The summed E-state index contributed by atoms with van der Waals surface area (Å²) in [4.78, 5) is 21.1. The van der Waals surface area contributed by atoms with Crippen molar-refractivity contribution in [3.8, 4) is 6.07 Å². The van der Waals surface area contributed by atoms with E-state index in [-0.39, 0.29) is 0 Å². The van der Waals surface area contributed by atoms with Crippen LogP contribution in [-0.2, 0) is 15.3 Å². The van der Waals surface area contributed by atoms with Crippen LogP contribution in [0.1, 0.15) is 23.1 Å². The molecule has 5 nitrogen and oxygen atoms in total. The van der Waals surface area contributed by atoms with Crippen molar-refractivity contribution in [2.24, 2.45) is 0 Å². The number of aliphatic carboxylic acids is 1. The lowest BCUT2D eigenvalue weighted by atomic mass is 10.1. The fourth-order valence-electron chi connectivity index (χ4n) is 1.67. The molecule has 0 aliphatic rings. The number of hydrogen-bond acceptors (Lipinski definition) is 4. The van der Waals surface area contributed by atoms with E-state index in [9.17, 15) is 9.59 Å². The number of nitrogens with one attached hydrogen (secondary N) is 1. The van der Waals surface area contributed by atoms with Crippen molar-refractivity contribution in [2.45, 2.75) is 25.1 Å². The number of carbonyl (C=O) groups is 2. The van der Waals surface area contributed by atoms with Crippen LogP contribution in [-0.4, -0.2) is 29.3 Å². The Kier molecular flexibility index (Phi) is 6.60. The van der Waals surface area contributed by atoms with Gasteiger partial charge in [-0.15, -0.1) is 0 Å². The average Bonchev–Trinajstić information content (AvgIpc) is 2.43. The molecule has 1 unspecified atom stereocenters. The van der Waals surface area contributed by atoms with Crippen molar-refractivity contribution in [1.82, 2.24) is 5.32 Å². The van der Waals surface area contributed by atoms with Crippen LogP contribution in [0.4, 0.5) is 0 Å². The molecule has 0 spiro atoms. The van der Waals surface area contributed by atoms with E-state index in [4.69, 9.17) is 10.4 Å². The zero-order valence-electron chi connectivity index (χ0n) is 11.1. The first kappa shape index (κ1) is 16.1. The van der Waals surface area contributed by atoms with Gasteiger partial charge in [0.2, 0.25) is 6.41 Å². The first-order chi connectivity index (χ1) is 9.58. The van der Waals surface area contributed by atoms with Crippen LogP contribution < -0.4 is 5.32 Å². The molecule has 0 bridgehead atoms. The maximum absolute atomic E-state index is 10.8. The lowest BCUT2D eigenvalue weighted by Crippen LogP contribution is -2.36. The number of carboxylic acid groups (broad SMARTS) is 1. The maximum Gasteiger partial charge on any atom is 0.326 e. The van der Waals surface area contributed by atoms with Crippen LogP contribution in [0.3, 0.4) is 0 Å².